The number of fused-ring (bicyclic) bond motifs is 2. The van der Waals surface area contributed by atoms with Crippen LogP contribution in [0, 0.1) is 0 Å². The van der Waals surface area contributed by atoms with Gasteiger partial charge in [-0.05, 0) is 37.7 Å². The number of rotatable bonds is 1. The molecule has 3 rings (SSSR count). The Bertz CT molecular complexity index is 499. The van der Waals surface area contributed by atoms with E-state index in [-0.39, 0.29) is 0 Å². The number of aryl methyl sites for hydroxylation is 1. The van der Waals surface area contributed by atoms with Crippen LogP contribution in [0.4, 0.5) is 10.5 Å². The van der Waals surface area contributed by atoms with Crippen molar-refractivity contribution in [3.8, 4) is 0 Å². The molecule has 90 valence electrons. The van der Waals surface area contributed by atoms with Gasteiger partial charge in [-0.1, -0.05) is 0 Å². The third kappa shape index (κ3) is 1.58. The summed E-state index contributed by atoms with van der Waals surface area (Å²) in [6.07, 6.45) is 2.52. The van der Waals surface area contributed by atoms with Crippen LogP contribution in [0.15, 0.2) is 0 Å². The fourth-order valence-electron chi connectivity index (χ4n) is 2.85. The zero-order valence-corrected chi connectivity index (χ0v) is 9.36. The van der Waals surface area contributed by atoms with Crippen molar-refractivity contribution in [1.29, 1.82) is 0 Å². The minimum Gasteiger partial charge on any atom is -0.465 e. The number of nitrogens with one attached hydrogen (secondary N) is 1. The van der Waals surface area contributed by atoms with Crippen LogP contribution in [0.25, 0.3) is 0 Å². The van der Waals surface area contributed by atoms with E-state index in [1.54, 1.807) is 0 Å². The van der Waals surface area contributed by atoms with Gasteiger partial charge in [-0.25, -0.2) is 4.79 Å². The van der Waals surface area contributed by atoms with Crippen LogP contribution in [-0.4, -0.2) is 21.3 Å². The summed E-state index contributed by atoms with van der Waals surface area (Å²) in [6.45, 7) is 0. The molecule has 1 amide bonds. The molecule has 2 aliphatic rings. The predicted molar refractivity (Wildman–Crippen MR) is 61.2 cm³/mol. The van der Waals surface area contributed by atoms with Crippen molar-refractivity contribution in [2.75, 3.05) is 5.32 Å². The van der Waals surface area contributed by atoms with Gasteiger partial charge in [0.05, 0.1) is 17.5 Å². The lowest BCUT2D eigenvalue weighted by molar-refractivity contribution is 0.175. The number of anilines is 1. The van der Waals surface area contributed by atoms with Crippen molar-refractivity contribution in [3.63, 3.8) is 0 Å². The highest BCUT2D eigenvalue weighted by atomic mass is 16.4. The Balaban J connectivity index is 2.17. The maximum atomic E-state index is 10.9. The molecule has 0 fully saturated rings. The molecule has 1 aromatic heterocycles. The third-order valence-corrected chi connectivity index (χ3v) is 3.57. The van der Waals surface area contributed by atoms with Crippen LogP contribution in [0.1, 0.15) is 41.5 Å². The maximum absolute atomic E-state index is 10.9. The van der Waals surface area contributed by atoms with E-state index in [1.807, 2.05) is 0 Å². The molecular formula is C12H14N2O3. The van der Waals surface area contributed by atoms with E-state index in [9.17, 15) is 9.90 Å². The van der Waals surface area contributed by atoms with Gasteiger partial charge in [0.25, 0.3) is 0 Å². The standard InChI is InChI=1S/C12H14N2O3/c15-9-5-4-7-10(14-12(16)17)6-2-1-3-8(6)13-11(7)9/h9,15H,1-5H2,(H,13,14)(H,16,17). The summed E-state index contributed by atoms with van der Waals surface area (Å²) in [5.74, 6) is 0. The van der Waals surface area contributed by atoms with E-state index in [4.69, 9.17) is 5.11 Å². The summed E-state index contributed by atoms with van der Waals surface area (Å²) in [7, 11) is 0. The van der Waals surface area contributed by atoms with E-state index in [2.05, 4.69) is 10.3 Å². The molecule has 0 aromatic carbocycles. The van der Waals surface area contributed by atoms with Crippen molar-refractivity contribution in [3.05, 3.63) is 22.5 Å². The number of amides is 1. The first kappa shape index (κ1) is 10.5. The van der Waals surface area contributed by atoms with Gasteiger partial charge in [0.2, 0.25) is 0 Å². The Kier molecular flexibility index (Phi) is 2.29. The molecule has 1 atom stereocenters. The Hall–Kier alpha value is -1.62. The van der Waals surface area contributed by atoms with E-state index in [0.717, 1.165) is 36.1 Å². The summed E-state index contributed by atoms with van der Waals surface area (Å²) >= 11 is 0. The number of aromatic nitrogens is 1. The molecule has 1 heterocycles. The second-order valence-corrected chi connectivity index (χ2v) is 4.61. The first-order valence-electron chi connectivity index (χ1n) is 5.89. The Morgan fingerprint density at radius 2 is 2.12 bits per heavy atom. The summed E-state index contributed by atoms with van der Waals surface area (Å²) in [5.41, 5.74) is 4.23. The van der Waals surface area contributed by atoms with Crippen LogP contribution in [0.5, 0.6) is 0 Å². The van der Waals surface area contributed by atoms with Crippen LogP contribution < -0.4 is 5.32 Å². The lowest BCUT2D eigenvalue weighted by Gasteiger charge is -2.14. The predicted octanol–water partition coefficient (Wildman–Crippen LogP) is 1.64. The minimum absolute atomic E-state index is 0.537. The number of aliphatic hydroxyl groups excluding tert-OH is 1. The number of hydrogen-bond acceptors (Lipinski definition) is 3. The topological polar surface area (TPSA) is 82.5 Å². The van der Waals surface area contributed by atoms with Crippen LogP contribution in [-0.2, 0) is 19.3 Å². The molecule has 5 nitrogen and oxygen atoms in total. The summed E-state index contributed by atoms with van der Waals surface area (Å²) in [4.78, 5) is 15.4. The molecule has 0 saturated heterocycles. The average Bonchev–Trinajstić information content (AvgIpc) is 2.86. The molecule has 3 N–H and O–H groups in total. The number of nitrogens with zero attached hydrogens (tertiary/aromatic N) is 1. The molecule has 0 radical (unpaired) electrons. The molecule has 0 aliphatic heterocycles. The van der Waals surface area contributed by atoms with Gasteiger partial charge in [0, 0.05) is 11.3 Å². The second kappa shape index (κ2) is 3.70. The number of pyridine rings is 1. The van der Waals surface area contributed by atoms with Crippen molar-refractivity contribution in [1.82, 2.24) is 4.98 Å². The van der Waals surface area contributed by atoms with Gasteiger partial charge in [-0.3, -0.25) is 10.3 Å². The normalized spacial score (nSPS) is 21.1. The monoisotopic (exact) mass is 234 g/mol. The Morgan fingerprint density at radius 1 is 1.29 bits per heavy atom. The van der Waals surface area contributed by atoms with Crippen LogP contribution in [0.2, 0.25) is 0 Å². The number of aliphatic hydroxyl groups is 1. The zero-order chi connectivity index (χ0) is 12.0. The van der Waals surface area contributed by atoms with Crippen LogP contribution in [0.3, 0.4) is 0 Å². The van der Waals surface area contributed by atoms with Crippen molar-refractivity contribution in [2.24, 2.45) is 0 Å². The lowest BCUT2D eigenvalue weighted by Crippen LogP contribution is -2.13. The van der Waals surface area contributed by atoms with Gasteiger partial charge >= 0.3 is 6.09 Å². The Morgan fingerprint density at radius 3 is 2.88 bits per heavy atom. The largest absolute Gasteiger partial charge is 0.465 e. The highest BCUT2D eigenvalue weighted by molar-refractivity contribution is 5.86. The molecule has 1 unspecified atom stereocenters. The first-order valence-corrected chi connectivity index (χ1v) is 5.89. The van der Waals surface area contributed by atoms with Gasteiger partial charge < -0.3 is 10.2 Å². The molecule has 0 bridgehead atoms. The van der Waals surface area contributed by atoms with E-state index in [0.29, 0.717) is 24.2 Å². The number of carbonyl (C=O) groups is 1. The number of carboxylic acid groups (broad SMARTS) is 1. The summed E-state index contributed by atoms with van der Waals surface area (Å²) in [5, 5.41) is 21.2. The summed E-state index contributed by atoms with van der Waals surface area (Å²) < 4.78 is 0. The summed E-state index contributed by atoms with van der Waals surface area (Å²) in [6, 6.07) is 0. The molecular weight excluding hydrogens is 220 g/mol. The lowest BCUT2D eigenvalue weighted by atomic mass is 10.1. The van der Waals surface area contributed by atoms with Crippen LogP contribution >= 0.6 is 0 Å². The molecule has 17 heavy (non-hydrogen) atoms. The SMILES string of the molecule is O=C(O)Nc1c2c(nc3c1CCC3O)CCC2. The number of hydrogen-bond donors (Lipinski definition) is 3. The highest BCUT2D eigenvalue weighted by Crippen LogP contribution is 2.40. The quantitative estimate of drug-likeness (QED) is 0.689. The molecule has 0 saturated carbocycles. The average molecular weight is 234 g/mol. The van der Waals surface area contributed by atoms with E-state index >= 15 is 0 Å². The zero-order valence-electron chi connectivity index (χ0n) is 9.36. The van der Waals surface area contributed by atoms with Crippen molar-refractivity contribution >= 4 is 11.8 Å². The van der Waals surface area contributed by atoms with Crippen molar-refractivity contribution < 1.29 is 15.0 Å². The van der Waals surface area contributed by atoms with Gasteiger partial charge in [0.1, 0.15) is 0 Å². The smallest absolute Gasteiger partial charge is 0.409 e. The fraction of sp³-hybridized carbons (Fsp3) is 0.500. The molecule has 2 aliphatic carbocycles. The molecule has 1 aromatic rings. The first-order chi connectivity index (χ1) is 8.16. The van der Waals surface area contributed by atoms with Gasteiger partial charge in [-0.15, -0.1) is 0 Å². The van der Waals surface area contributed by atoms with E-state index in [1.165, 1.54) is 0 Å². The maximum Gasteiger partial charge on any atom is 0.409 e. The van der Waals surface area contributed by atoms with Gasteiger partial charge in [-0.2, -0.15) is 0 Å². The second-order valence-electron chi connectivity index (χ2n) is 4.61. The highest BCUT2D eigenvalue weighted by Gasteiger charge is 2.30. The van der Waals surface area contributed by atoms with Gasteiger partial charge in [0.15, 0.2) is 0 Å². The molecule has 0 spiro atoms. The Labute approximate surface area is 98.5 Å². The fourth-order valence-corrected chi connectivity index (χ4v) is 2.85. The van der Waals surface area contributed by atoms with E-state index < -0.39 is 12.2 Å². The van der Waals surface area contributed by atoms with Crippen molar-refractivity contribution in [2.45, 2.75) is 38.2 Å². The minimum atomic E-state index is -1.05. The molecule has 5 heteroatoms. The third-order valence-electron chi connectivity index (χ3n) is 3.57.